The number of sulfonamides is 1. The number of likely N-dealkylation sites (tertiary alicyclic amines) is 3. The molecule has 1 saturated carbocycles. The molecular formula is C24H32N6O4S. The maximum Gasteiger partial charge on any atom is 0.242 e. The molecule has 4 fully saturated rings. The molecule has 188 valence electrons. The van der Waals surface area contributed by atoms with Crippen LogP contribution in [0.2, 0.25) is 0 Å². The molecule has 7 atom stereocenters. The highest BCUT2D eigenvalue weighted by Crippen LogP contribution is 2.48. The van der Waals surface area contributed by atoms with Gasteiger partial charge in [-0.05, 0) is 49.8 Å². The summed E-state index contributed by atoms with van der Waals surface area (Å²) in [6.07, 6.45) is 2.35. The van der Waals surface area contributed by atoms with Crippen LogP contribution in [0, 0.1) is 17.2 Å². The van der Waals surface area contributed by atoms with Crippen molar-refractivity contribution >= 4 is 21.8 Å². The molecule has 3 saturated heterocycles. The number of hydrogen-bond donors (Lipinski definition) is 1. The topological polar surface area (TPSA) is 131 Å². The standard InChI is InChI=1S/C24H32N6O4S/c1-14(15-5-4-6-19(8-15)35(33,34)27(2)3)29-18-10-22(24(29)32)28(12-18)13-20(26)23(31)30-17(11-25)7-16-9-21(16)30/h4-6,8,14,16-18,20-22H,7,9-10,12-13,26H2,1-3H3/t14-,16+,17-,18?,20-,21-,22-/m0/s1. The Morgan fingerprint density at radius 1 is 1.29 bits per heavy atom. The third kappa shape index (κ3) is 3.93. The van der Waals surface area contributed by atoms with Gasteiger partial charge in [-0.15, -0.1) is 0 Å². The van der Waals surface area contributed by atoms with Crippen LogP contribution in [-0.4, -0.2) is 96.6 Å². The largest absolute Gasteiger partial charge is 0.330 e. The van der Waals surface area contributed by atoms with Gasteiger partial charge in [-0.3, -0.25) is 14.5 Å². The van der Waals surface area contributed by atoms with E-state index in [1.54, 1.807) is 23.1 Å². The average molecular weight is 501 g/mol. The van der Waals surface area contributed by atoms with Crippen molar-refractivity contribution in [2.45, 2.75) is 67.3 Å². The minimum Gasteiger partial charge on any atom is -0.330 e. The van der Waals surface area contributed by atoms with E-state index in [0.29, 0.717) is 18.9 Å². The van der Waals surface area contributed by atoms with Gasteiger partial charge in [0.2, 0.25) is 21.8 Å². The normalized spacial score (nSPS) is 31.5. The molecule has 5 rings (SSSR count). The smallest absolute Gasteiger partial charge is 0.242 e. The Morgan fingerprint density at radius 3 is 2.69 bits per heavy atom. The summed E-state index contributed by atoms with van der Waals surface area (Å²) >= 11 is 0. The van der Waals surface area contributed by atoms with Crippen molar-refractivity contribution in [1.29, 1.82) is 5.26 Å². The van der Waals surface area contributed by atoms with E-state index < -0.39 is 22.1 Å². The molecule has 0 spiro atoms. The van der Waals surface area contributed by atoms with Crippen molar-refractivity contribution in [3.8, 4) is 6.07 Å². The van der Waals surface area contributed by atoms with E-state index in [1.165, 1.54) is 18.4 Å². The van der Waals surface area contributed by atoms with Crippen LogP contribution in [0.5, 0.6) is 0 Å². The number of nitrogens with zero attached hydrogens (tertiary/aromatic N) is 5. The van der Waals surface area contributed by atoms with Crippen molar-refractivity contribution < 1.29 is 18.0 Å². The summed E-state index contributed by atoms with van der Waals surface area (Å²) in [5.41, 5.74) is 7.06. The molecule has 4 aliphatic rings. The highest BCUT2D eigenvalue weighted by atomic mass is 32.2. The molecule has 10 nitrogen and oxygen atoms in total. The molecule has 1 unspecified atom stereocenters. The Labute approximate surface area is 206 Å². The first-order chi connectivity index (χ1) is 16.5. The van der Waals surface area contributed by atoms with Gasteiger partial charge in [0, 0.05) is 39.3 Å². The number of fused-ring (bicyclic) bond motifs is 3. The second-order valence-corrected chi connectivity index (χ2v) is 12.6. The molecule has 2 bridgehead atoms. The SMILES string of the molecule is C[C@@H](c1cccc(S(=O)(=O)N(C)C)c1)N1C(=O)[C@@H]2CC1CN2C[C@H](N)C(=O)N1[C@H](C#N)C[C@@H]2C[C@@H]21. The maximum absolute atomic E-state index is 13.3. The van der Waals surface area contributed by atoms with Crippen LogP contribution in [0.1, 0.15) is 37.8 Å². The Hall–Kier alpha value is -2.52. The second kappa shape index (κ2) is 8.55. The van der Waals surface area contributed by atoms with Crippen molar-refractivity contribution in [3.63, 3.8) is 0 Å². The molecule has 35 heavy (non-hydrogen) atoms. The Bertz CT molecular complexity index is 1200. The van der Waals surface area contributed by atoms with Crippen LogP contribution in [0.25, 0.3) is 0 Å². The fourth-order valence-corrected chi connectivity index (χ4v) is 7.07. The molecule has 1 aliphatic carbocycles. The lowest BCUT2D eigenvalue weighted by Gasteiger charge is -2.38. The maximum atomic E-state index is 13.3. The first-order valence-electron chi connectivity index (χ1n) is 12.1. The highest BCUT2D eigenvalue weighted by molar-refractivity contribution is 7.89. The van der Waals surface area contributed by atoms with Crippen LogP contribution in [0.3, 0.4) is 0 Å². The van der Waals surface area contributed by atoms with E-state index in [0.717, 1.165) is 18.4 Å². The summed E-state index contributed by atoms with van der Waals surface area (Å²) in [4.78, 5) is 32.1. The van der Waals surface area contributed by atoms with Crippen LogP contribution in [-0.2, 0) is 19.6 Å². The molecule has 0 radical (unpaired) electrons. The van der Waals surface area contributed by atoms with Gasteiger partial charge >= 0.3 is 0 Å². The quantitative estimate of drug-likeness (QED) is 0.563. The first kappa shape index (κ1) is 24.2. The molecular weight excluding hydrogens is 468 g/mol. The van der Waals surface area contributed by atoms with E-state index in [1.807, 2.05) is 22.8 Å². The number of carbonyl (C=O) groups excluding carboxylic acids is 2. The summed E-state index contributed by atoms with van der Waals surface area (Å²) in [6.45, 7) is 2.82. The lowest BCUT2D eigenvalue weighted by atomic mass is 10.1. The Balaban J connectivity index is 1.25. The van der Waals surface area contributed by atoms with Crippen LogP contribution in [0.4, 0.5) is 0 Å². The summed E-state index contributed by atoms with van der Waals surface area (Å²) in [5, 5.41) is 9.39. The molecule has 2 amide bonds. The van der Waals surface area contributed by atoms with Gasteiger partial charge in [0.1, 0.15) is 6.04 Å². The number of carbonyl (C=O) groups is 2. The minimum absolute atomic E-state index is 0.0207. The van der Waals surface area contributed by atoms with Crippen molar-refractivity contribution in [2.24, 2.45) is 11.7 Å². The number of piperazine rings is 1. The van der Waals surface area contributed by atoms with E-state index >= 15 is 0 Å². The van der Waals surface area contributed by atoms with Crippen molar-refractivity contribution in [3.05, 3.63) is 29.8 Å². The number of piperidine rings is 1. The van der Waals surface area contributed by atoms with Crippen LogP contribution in [0.15, 0.2) is 29.2 Å². The van der Waals surface area contributed by atoms with E-state index in [2.05, 4.69) is 6.07 Å². The van der Waals surface area contributed by atoms with Gasteiger partial charge in [-0.2, -0.15) is 5.26 Å². The van der Waals surface area contributed by atoms with E-state index in [-0.39, 0.29) is 47.4 Å². The number of hydrogen-bond acceptors (Lipinski definition) is 7. The molecule has 0 aromatic heterocycles. The van der Waals surface area contributed by atoms with Gasteiger partial charge in [0.25, 0.3) is 0 Å². The molecule has 11 heteroatoms. The summed E-state index contributed by atoms with van der Waals surface area (Å²) < 4.78 is 26.3. The van der Waals surface area contributed by atoms with Gasteiger partial charge < -0.3 is 15.5 Å². The van der Waals surface area contributed by atoms with Crippen LogP contribution >= 0.6 is 0 Å². The van der Waals surface area contributed by atoms with Crippen molar-refractivity contribution in [1.82, 2.24) is 19.0 Å². The number of rotatable bonds is 7. The van der Waals surface area contributed by atoms with E-state index in [9.17, 15) is 23.3 Å². The Kier molecular flexibility index (Phi) is 5.91. The third-order valence-corrected chi connectivity index (χ3v) is 9.92. The zero-order valence-corrected chi connectivity index (χ0v) is 21.1. The van der Waals surface area contributed by atoms with Gasteiger partial charge in [-0.25, -0.2) is 12.7 Å². The number of nitriles is 1. The summed E-state index contributed by atoms with van der Waals surface area (Å²) in [7, 11) is -0.590. The monoisotopic (exact) mass is 500 g/mol. The fourth-order valence-electron chi connectivity index (χ4n) is 6.12. The second-order valence-electron chi connectivity index (χ2n) is 10.4. The number of amides is 2. The molecule has 3 heterocycles. The van der Waals surface area contributed by atoms with Gasteiger partial charge in [0.05, 0.1) is 29.1 Å². The zero-order chi connectivity index (χ0) is 25.2. The molecule has 2 N–H and O–H groups in total. The third-order valence-electron chi connectivity index (χ3n) is 8.11. The molecule has 1 aromatic carbocycles. The number of benzene rings is 1. The number of nitrogens with two attached hydrogens (primary N) is 1. The molecule has 1 aromatic rings. The fraction of sp³-hybridized carbons (Fsp3) is 0.625. The summed E-state index contributed by atoms with van der Waals surface area (Å²) in [6, 6.07) is 7.33. The van der Waals surface area contributed by atoms with Gasteiger partial charge in [0.15, 0.2) is 0 Å². The van der Waals surface area contributed by atoms with Crippen molar-refractivity contribution in [2.75, 3.05) is 27.2 Å². The van der Waals surface area contributed by atoms with Crippen LogP contribution < -0.4 is 5.73 Å². The summed E-state index contributed by atoms with van der Waals surface area (Å²) in [5.74, 6) is 0.218. The zero-order valence-electron chi connectivity index (χ0n) is 20.2. The van der Waals surface area contributed by atoms with Gasteiger partial charge in [-0.1, -0.05) is 12.1 Å². The minimum atomic E-state index is -3.57. The lowest BCUT2D eigenvalue weighted by molar-refractivity contribution is -0.141. The first-order valence-corrected chi connectivity index (χ1v) is 13.5. The molecule has 3 aliphatic heterocycles. The van der Waals surface area contributed by atoms with E-state index in [4.69, 9.17) is 5.73 Å². The highest BCUT2D eigenvalue weighted by Gasteiger charge is 2.56. The Morgan fingerprint density at radius 2 is 2.03 bits per heavy atom. The predicted molar refractivity (Wildman–Crippen MR) is 127 cm³/mol. The predicted octanol–water partition coefficient (Wildman–Crippen LogP) is 0.123. The average Bonchev–Trinajstić information content (AvgIpc) is 3.15. The lowest BCUT2D eigenvalue weighted by Crippen LogP contribution is -2.57.